The zero-order chi connectivity index (χ0) is 15.9. The normalized spacial score (nSPS) is 10.8. The molecule has 118 valence electrons. The molecule has 0 spiro atoms. The lowest BCUT2D eigenvalue weighted by atomic mass is 10.2. The lowest BCUT2D eigenvalue weighted by Gasteiger charge is -2.16. The van der Waals surface area contributed by atoms with Gasteiger partial charge >= 0.3 is 0 Å². The van der Waals surface area contributed by atoms with Crippen molar-refractivity contribution in [2.75, 3.05) is 7.11 Å². The first-order chi connectivity index (χ1) is 10.6. The Kier molecular flexibility index (Phi) is 6.21. The van der Waals surface area contributed by atoms with Crippen LogP contribution in [-0.2, 0) is 13.1 Å². The van der Waals surface area contributed by atoms with E-state index in [1.807, 2.05) is 38.1 Å². The first-order valence-electron chi connectivity index (χ1n) is 7.23. The van der Waals surface area contributed by atoms with Crippen LogP contribution in [-0.4, -0.2) is 18.2 Å². The molecule has 0 atom stereocenters. The number of nitrogens with one attached hydrogen (secondary N) is 1. The minimum atomic E-state index is 0.108. The molecule has 0 bridgehead atoms. The monoisotopic (exact) mass is 364 g/mol. The number of aromatic nitrogens is 1. The molecule has 1 aromatic carbocycles. The molecule has 0 saturated heterocycles. The molecule has 1 heterocycles. The van der Waals surface area contributed by atoms with Gasteiger partial charge in [0.05, 0.1) is 13.2 Å². The number of hydrogen-bond donors (Lipinski definition) is 1. The largest absolute Gasteiger partial charge is 0.493 e. The van der Waals surface area contributed by atoms with E-state index >= 15 is 0 Å². The topological polar surface area (TPSA) is 43.4 Å². The van der Waals surface area contributed by atoms with Gasteiger partial charge in [0.25, 0.3) is 0 Å². The second-order valence-corrected chi connectivity index (χ2v) is 6.07. The fourth-order valence-corrected chi connectivity index (χ4v) is 2.52. The Hall–Kier alpha value is -1.59. The lowest BCUT2D eigenvalue weighted by Crippen LogP contribution is -2.13. The molecule has 0 aliphatic carbocycles. The van der Waals surface area contributed by atoms with Crippen LogP contribution >= 0.6 is 15.9 Å². The van der Waals surface area contributed by atoms with Crippen molar-refractivity contribution in [2.45, 2.75) is 33.0 Å². The van der Waals surface area contributed by atoms with E-state index in [0.717, 1.165) is 34.6 Å². The maximum absolute atomic E-state index is 5.76. The summed E-state index contributed by atoms with van der Waals surface area (Å²) in [5, 5.41) is 3.42. The highest BCUT2D eigenvalue weighted by molar-refractivity contribution is 9.10. The highest BCUT2D eigenvalue weighted by Gasteiger charge is 2.11. The van der Waals surface area contributed by atoms with Crippen LogP contribution < -0.4 is 14.8 Å². The Balaban J connectivity index is 2.04. The van der Waals surface area contributed by atoms with E-state index < -0.39 is 0 Å². The molecule has 5 heteroatoms. The van der Waals surface area contributed by atoms with E-state index in [4.69, 9.17) is 9.47 Å². The van der Waals surface area contributed by atoms with Gasteiger partial charge in [-0.3, -0.25) is 4.98 Å². The van der Waals surface area contributed by atoms with Gasteiger partial charge in [0.15, 0.2) is 11.5 Å². The number of rotatable bonds is 7. The minimum absolute atomic E-state index is 0.108. The van der Waals surface area contributed by atoms with Gasteiger partial charge in [0, 0.05) is 30.0 Å². The van der Waals surface area contributed by atoms with Crippen LogP contribution in [0.5, 0.6) is 11.5 Å². The molecule has 0 amide bonds. The first-order valence-corrected chi connectivity index (χ1v) is 8.02. The molecule has 22 heavy (non-hydrogen) atoms. The maximum atomic E-state index is 5.76. The van der Waals surface area contributed by atoms with Crippen LogP contribution in [0.3, 0.4) is 0 Å². The number of benzene rings is 1. The molecule has 2 aromatic rings. The standard InChI is InChI=1S/C17H21BrN2O2/c1-12(2)22-17-9-15(18)14(8-16(17)21-3)11-20-10-13-4-6-19-7-5-13/h4-9,12,20H,10-11H2,1-3H3. The smallest absolute Gasteiger partial charge is 0.162 e. The molecule has 0 aliphatic heterocycles. The summed E-state index contributed by atoms with van der Waals surface area (Å²) in [6, 6.07) is 7.97. The summed E-state index contributed by atoms with van der Waals surface area (Å²) < 4.78 is 12.2. The third-order valence-corrected chi connectivity index (χ3v) is 3.83. The van der Waals surface area contributed by atoms with Crippen LogP contribution in [0, 0.1) is 0 Å². The van der Waals surface area contributed by atoms with Gasteiger partial charge in [-0.15, -0.1) is 0 Å². The summed E-state index contributed by atoms with van der Waals surface area (Å²) in [6.45, 7) is 5.53. The van der Waals surface area contributed by atoms with Gasteiger partial charge in [-0.2, -0.15) is 0 Å². The third-order valence-electron chi connectivity index (χ3n) is 3.09. The SMILES string of the molecule is COc1cc(CNCc2ccncc2)c(Br)cc1OC(C)C. The van der Waals surface area contributed by atoms with Gasteiger partial charge in [-0.05, 0) is 49.2 Å². The highest BCUT2D eigenvalue weighted by atomic mass is 79.9. The van der Waals surface area contributed by atoms with Crippen molar-refractivity contribution >= 4 is 15.9 Å². The van der Waals surface area contributed by atoms with Crippen LogP contribution in [0.25, 0.3) is 0 Å². The molecule has 2 rings (SSSR count). The van der Waals surface area contributed by atoms with Gasteiger partial charge < -0.3 is 14.8 Å². The van der Waals surface area contributed by atoms with E-state index in [2.05, 4.69) is 26.2 Å². The second kappa shape index (κ2) is 8.15. The van der Waals surface area contributed by atoms with E-state index in [0.29, 0.717) is 0 Å². The van der Waals surface area contributed by atoms with Crippen LogP contribution in [0.2, 0.25) is 0 Å². The molecule has 0 saturated carbocycles. The predicted molar refractivity (Wildman–Crippen MR) is 91.2 cm³/mol. The Labute approximate surface area is 140 Å². The number of ether oxygens (including phenoxy) is 2. The number of nitrogens with zero attached hydrogens (tertiary/aromatic N) is 1. The fourth-order valence-electron chi connectivity index (χ4n) is 2.06. The number of pyridine rings is 1. The summed E-state index contributed by atoms with van der Waals surface area (Å²) in [7, 11) is 1.66. The van der Waals surface area contributed by atoms with Crippen molar-refractivity contribution in [2.24, 2.45) is 0 Å². The summed E-state index contributed by atoms with van der Waals surface area (Å²) in [5.41, 5.74) is 2.33. The summed E-state index contributed by atoms with van der Waals surface area (Å²) >= 11 is 3.60. The van der Waals surface area contributed by atoms with Crippen molar-refractivity contribution in [1.82, 2.24) is 10.3 Å². The lowest BCUT2D eigenvalue weighted by molar-refractivity contribution is 0.230. The van der Waals surface area contributed by atoms with Crippen molar-refractivity contribution in [3.8, 4) is 11.5 Å². The molecule has 0 radical (unpaired) electrons. The molecule has 1 aromatic heterocycles. The zero-order valence-corrected chi connectivity index (χ0v) is 14.7. The Bertz CT molecular complexity index is 603. The molecule has 1 N–H and O–H groups in total. The number of methoxy groups -OCH3 is 1. The maximum Gasteiger partial charge on any atom is 0.162 e. The number of hydrogen-bond acceptors (Lipinski definition) is 4. The summed E-state index contributed by atoms with van der Waals surface area (Å²) in [4.78, 5) is 4.02. The molecule has 0 unspecified atom stereocenters. The minimum Gasteiger partial charge on any atom is -0.493 e. The van der Waals surface area contributed by atoms with Crippen molar-refractivity contribution in [3.05, 3.63) is 52.3 Å². The van der Waals surface area contributed by atoms with Crippen LogP contribution in [0.1, 0.15) is 25.0 Å². The Morgan fingerprint density at radius 3 is 2.50 bits per heavy atom. The van der Waals surface area contributed by atoms with Crippen LogP contribution in [0.4, 0.5) is 0 Å². The fraction of sp³-hybridized carbons (Fsp3) is 0.353. The number of halogens is 1. The first kappa shape index (κ1) is 16.8. The van der Waals surface area contributed by atoms with Crippen molar-refractivity contribution < 1.29 is 9.47 Å². The second-order valence-electron chi connectivity index (χ2n) is 5.22. The van der Waals surface area contributed by atoms with Gasteiger partial charge in [-0.1, -0.05) is 15.9 Å². The Morgan fingerprint density at radius 2 is 1.86 bits per heavy atom. The molecule has 0 aliphatic rings. The highest BCUT2D eigenvalue weighted by Crippen LogP contribution is 2.34. The molecule has 0 fully saturated rings. The summed E-state index contributed by atoms with van der Waals surface area (Å²) in [5.74, 6) is 1.50. The average Bonchev–Trinajstić information content (AvgIpc) is 2.50. The van der Waals surface area contributed by atoms with E-state index in [1.165, 1.54) is 5.56 Å². The quantitative estimate of drug-likeness (QED) is 0.808. The predicted octanol–water partition coefficient (Wildman–Crippen LogP) is 3.93. The summed E-state index contributed by atoms with van der Waals surface area (Å²) in [6.07, 6.45) is 3.71. The molecule has 4 nitrogen and oxygen atoms in total. The third kappa shape index (κ3) is 4.71. The zero-order valence-electron chi connectivity index (χ0n) is 13.1. The van der Waals surface area contributed by atoms with Gasteiger partial charge in [0.1, 0.15) is 0 Å². The molecular formula is C17H21BrN2O2. The van der Waals surface area contributed by atoms with Crippen molar-refractivity contribution in [1.29, 1.82) is 0 Å². The van der Waals surface area contributed by atoms with Gasteiger partial charge in [-0.25, -0.2) is 0 Å². The van der Waals surface area contributed by atoms with E-state index in [-0.39, 0.29) is 6.10 Å². The average molecular weight is 365 g/mol. The van der Waals surface area contributed by atoms with Crippen LogP contribution in [0.15, 0.2) is 41.1 Å². The van der Waals surface area contributed by atoms with Crippen molar-refractivity contribution in [3.63, 3.8) is 0 Å². The molecular weight excluding hydrogens is 344 g/mol. The van der Waals surface area contributed by atoms with E-state index in [1.54, 1.807) is 19.5 Å². The van der Waals surface area contributed by atoms with Gasteiger partial charge in [0.2, 0.25) is 0 Å². The van der Waals surface area contributed by atoms with E-state index in [9.17, 15) is 0 Å². The Morgan fingerprint density at radius 1 is 1.14 bits per heavy atom.